The Balaban J connectivity index is 1.74. The molecule has 8 nitrogen and oxygen atoms in total. The first kappa shape index (κ1) is 18.7. The van der Waals surface area contributed by atoms with E-state index in [2.05, 4.69) is 15.0 Å². The van der Waals surface area contributed by atoms with Crippen LogP contribution in [0.1, 0.15) is 38.2 Å². The Labute approximate surface area is 159 Å². The van der Waals surface area contributed by atoms with Crippen molar-refractivity contribution in [2.75, 3.05) is 12.4 Å². The van der Waals surface area contributed by atoms with Gasteiger partial charge in [0.25, 0.3) is 11.8 Å². The number of fused-ring (bicyclic) bond motifs is 1. The van der Waals surface area contributed by atoms with E-state index in [1.165, 1.54) is 14.0 Å². The largest absolute Gasteiger partial charge is 0.469 e. The smallest absolute Gasteiger partial charge is 0.310 e. The third-order valence-electron chi connectivity index (χ3n) is 4.25. The van der Waals surface area contributed by atoms with Crippen molar-refractivity contribution in [2.24, 2.45) is 0 Å². The van der Waals surface area contributed by atoms with Crippen LogP contribution in [0, 0.1) is 6.92 Å². The first-order chi connectivity index (χ1) is 12.8. The second kappa shape index (κ2) is 7.28. The van der Waals surface area contributed by atoms with Gasteiger partial charge in [0.15, 0.2) is 5.13 Å². The lowest BCUT2D eigenvalue weighted by atomic mass is 10.1. The van der Waals surface area contributed by atoms with Crippen LogP contribution in [0.25, 0.3) is 0 Å². The molecule has 1 aromatic carbocycles. The number of nitrogens with zero attached hydrogens (tertiary/aromatic N) is 2. The van der Waals surface area contributed by atoms with Crippen molar-refractivity contribution in [2.45, 2.75) is 26.3 Å². The van der Waals surface area contributed by atoms with Crippen molar-refractivity contribution in [1.29, 1.82) is 0 Å². The Morgan fingerprint density at radius 2 is 1.81 bits per heavy atom. The molecule has 3 amide bonds. The molecule has 140 valence electrons. The Bertz CT molecular complexity index is 917. The van der Waals surface area contributed by atoms with Crippen LogP contribution in [0.2, 0.25) is 0 Å². The minimum atomic E-state index is -1.01. The van der Waals surface area contributed by atoms with Crippen molar-refractivity contribution in [3.05, 3.63) is 46.0 Å². The number of carbonyl (C=O) groups excluding carboxylic acids is 4. The number of ether oxygens (including phenoxy) is 1. The number of anilines is 1. The van der Waals surface area contributed by atoms with Crippen LogP contribution >= 0.6 is 11.3 Å². The molecule has 1 N–H and O–H groups in total. The number of hydrogen-bond donors (Lipinski definition) is 1. The number of nitrogens with one attached hydrogen (secondary N) is 1. The predicted molar refractivity (Wildman–Crippen MR) is 97.6 cm³/mol. The van der Waals surface area contributed by atoms with Gasteiger partial charge >= 0.3 is 5.97 Å². The molecule has 1 unspecified atom stereocenters. The van der Waals surface area contributed by atoms with Crippen LogP contribution in [-0.2, 0) is 20.7 Å². The third kappa shape index (κ3) is 3.45. The molecular formula is C18H17N3O5S. The van der Waals surface area contributed by atoms with Crippen molar-refractivity contribution in [1.82, 2.24) is 9.88 Å². The van der Waals surface area contributed by atoms with Crippen molar-refractivity contribution in [3.8, 4) is 0 Å². The van der Waals surface area contributed by atoms with Gasteiger partial charge in [0.05, 0.1) is 30.4 Å². The SMILES string of the molecule is COC(=O)Cc1sc(NC(=O)C(C)N2C(=O)c3ccccc3C2=O)nc1C. The molecule has 2 heterocycles. The van der Waals surface area contributed by atoms with Gasteiger partial charge in [-0.3, -0.25) is 24.1 Å². The number of aryl methyl sites for hydroxylation is 1. The van der Waals surface area contributed by atoms with E-state index >= 15 is 0 Å². The number of imide groups is 1. The number of amides is 3. The minimum Gasteiger partial charge on any atom is -0.469 e. The summed E-state index contributed by atoms with van der Waals surface area (Å²) in [6.45, 7) is 3.20. The molecule has 0 saturated heterocycles. The van der Waals surface area contributed by atoms with Gasteiger partial charge in [-0.1, -0.05) is 12.1 Å². The average molecular weight is 387 g/mol. The van der Waals surface area contributed by atoms with Gasteiger partial charge in [-0.2, -0.15) is 0 Å². The van der Waals surface area contributed by atoms with Crippen molar-refractivity contribution < 1.29 is 23.9 Å². The molecular weight excluding hydrogens is 370 g/mol. The molecule has 2 aromatic rings. The number of esters is 1. The maximum absolute atomic E-state index is 12.6. The minimum absolute atomic E-state index is 0.0594. The van der Waals surface area contributed by atoms with E-state index in [0.717, 1.165) is 16.2 Å². The van der Waals surface area contributed by atoms with Crippen LogP contribution < -0.4 is 5.32 Å². The lowest BCUT2D eigenvalue weighted by molar-refractivity contribution is -0.139. The molecule has 0 fully saturated rings. The van der Waals surface area contributed by atoms with Gasteiger partial charge in [-0.25, -0.2) is 4.98 Å². The Morgan fingerprint density at radius 1 is 1.22 bits per heavy atom. The highest BCUT2D eigenvalue weighted by Gasteiger charge is 2.40. The summed E-state index contributed by atoms with van der Waals surface area (Å²) in [7, 11) is 1.30. The molecule has 0 aliphatic carbocycles. The quantitative estimate of drug-likeness (QED) is 0.619. The summed E-state index contributed by atoms with van der Waals surface area (Å²) in [6.07, 6.45) is 0.0594. The summed E-state index contributed by atoms with van der Waals surface area (Å²) >= 11 is 1.15. The van der Waals surface area contributed by atoms with Crippen LogP contribution in [0.4, 0.5) is 5.13 Å². The van der Waals surface area contributed by atoms with Gasteiger partial charge < -0.3 is 10.1 Å². The van der Waals surface area contributed by atoms with Gasteiger partial charge in [0.1, 0.15) is 6.04 Å². The highest BCUT2D eigenvalue weighted by molar-refractivity contribution is 7.16. The first-order valence-corrected chi connectivity index (χ1v) is 8.96. The van der Waals surface area contributed by atoms with Gasteiger partial charge in [0, 0.05) is 4.88 Å². The van der Waals surface area contributed by atoms with Gasteiger partial charge in [-0.05, 0) is 26.0 Å². The monoisotopic (exact) mass is 387 g/mol. The van der Waals surface area contributed by atoms with Gasteiger partial charge in [-0.15, -0.1) is 11.3 Å². The molecule has 1 aliphatic rings. The highest BCUT2D eigenvalue weighted by atomic mass is 32.1. The number of aromatic nitrogens is 1. The zero-order valence-corrected chi connectivity index (χ0v) is 15.8. The maximum atomic E-state index is 12.6. The zero-order valence-electron chi connectivity index (χ0n) is 14.9. The standard InChI is InChI=1S/C18H17N3O5S/c1-9-13(8-14(22)26-3)27-18(19-9)20-15(23)10(2)21-16(24)11-6-4-5-7-12(11)17(21)25/h4-7,10H,8H2,1-3H3,(H,19,20,23). The molecule has 0 radical (unpaired) electrons. The summed E-state index contributed by atoms with van der Waals surface area (Å²) in [5, 5.41) is 2.90. The lowest BCUT2D eigenvalue weighted by Gasteiger charge is -2.21. The van der Waals surface area contributed by atoms with E-state index in [9.17, 15) is 19.2 Å². The zero-order chi connectivity index (χ0) is 19.7. The van der Waals surface area contributed by atoms with Crippen LogP contribution in [0.5, 0.6) is 0 Å². The van der Waals surface area contributed by atoms with E-state index in [1.54, 1.807) is 31.2 Å². The molecule has 1 atom stereocenters. The molecule has 0 saturated carbocycles. The molecule has 0 bridgehead atoms. The Hall–Kier alpha value is -3.07. The molecule has 1 aromatic heterocycles. The third-order valence-corrected chi connectivity index (χ3v) is 5.32. The average Bonchev–Trinajstić information content (AvgIpc) is 3.11. The number of rotatable bonds is 5. The number of thiazole rings is 1. The summed E-state index contributed by atoms with van der Waals surface area (Å²) in [5.74, 6) is -1.94. The normalized spacial score (nSPS) is 14.1. The number of methoxy groups -OCH3 is 1. The van der Waals surface area contributed by atoms with E-state index in [0.29, 0.717) is 15.7 Å². The van der Waals surface area contributed by atoms with E-state index < -0.39 is 29.7 Å². The number of benzene rings is 1. The molecule has 1 aliphatic heterocycles. The summed E-state index contributed by atoms with van der Waals surface area (Å²) in [5.41, 5.74) is 1.18. The molecule has 9 heteroatoms. The second-order valence-corrected chi connectivity index (χ2v) is 7.06. The Morgan fingerprint density at radius 3 is 2.37 bits per heavy atom. The van der Waals surface area contributed by atoms with E-state index in [4.69, 9.17) is 0 Å². The van der Waals surface area contributed by atoms with Crippen molar-refractivity contribution >= 4 is 40.2 Å². The molecule has 27 heavy (non-hydrogen) atoms. The molecule has 3 rings (SSSR count). The molecule has 0 spiro atoms. The van der Waals surface area contributed by atoms with Crippen LogP contribution in [0.15, 0.2) is 24.3 Å². The fraction of sp³-hybridized carbons (Fsp3) is 0.278. The topological polar surface area (TPSA) is 106 Å². The van der Waals surface area contributed by atoms with Crippen LogP contribution in [0.3, 0.4) is 0 Å². The summed E-state index contributed by atoms with van der Waals surface area (Å²) in [6, 6.07) is 5.44. The van der Waals surface area contributed by atoms with Crippen LogP contribution in [-0.4, -0.2) is 46.7 Å². The van der Waals surface area contributed by atoms with Gasteiger partial charge in [0.2, 0.25) is 5.91 Å². The maximum Gasteiger partial charge on any atom is 0.310 e. The highest BCUT2D eigenvalue weighted by Crippen LogP contribution is 2.26. The van der Waals surface area contributed by atoms with E-state index in [-0.39, 0.29) is 17.5 Å². The fourth-order valence-electron chi connectivity index (χ4n) is 2.74. The predicted octanol–water partition coefficient (Wildman–Crippen LogP) is 1.79. The fourth-order valence-corrected chi connectivity index (χ4v) is 3.69. The first-order valence-electron chi connectivity index (χ1n) is 8.14. The summed E-state index contributed by atoms with van der Waals surface area (Å²) in [4.78, 5) is 54.8. The number of carbonyl (C=O) groups is 4. The lowest BCUT2D eigenvalue weighted by Crippen LogP contribution is -2.45. The second-order valence-electron chi connectivity index (χ2n) is 5.97. The van der Waals surface area contributed by atoms with E-state index in [1.807, 2.05) is 0 Å². The van der Waals surface area contributed by atoms with Crippen molar-refractivity contribution in [3.63, 3.8) is 0 Å². The Kier molecular flexibility index (Phi) is 5.04. The number of hydrogen-bond acceptors (Lipinski definition) is 7. The summed E-state index contributed by atoms with van der Waals surface area (Å²) < 4.78 is 4.63.